The molecule has 0 saturated heterocycles. The Morgan fingerprint density at radius 2 is 1.95 bits per heavy atom. The summed E-state index contributed by atoms with van der Waals surface area (Å²) in [5.74, 6) is 0.0764. The largest absolute Gasteiger partial charge is 0.504 e. The molecule has 0 aliphatic heterocycles. The summed E-state index contributed by atoms with van der Waals surface area (Å²) in [6, 6.07) is 12.1. The van der Waals surface area contributed by atoms with Gasteiger partial charge < -0.3 is 20.9 Å². The van der Waals surface area contributed by atoms with Crippen LogP contribution in [0.5, 0.6) is 11.5 Å². The fraction of sp³-hybridized carbons (Fsp3) is 0.133. The molecule has 104 valence electrons. The van der Waals surface area contributed by atoms with E-state index in [1.165, 1.54) is 7.11 Å². The maximum Gasteiger partial charge on any atom is 0.248 e. The molecule has 0 heterocycles. The average molecular weight is 272 g/mol. The van der Waals surface area contributed by atoms with Crippen molar-refractivity contribution >= 4 is 11.6 Å². The van der Waals surface area contributed by atoms with Crippen LogP contribution < -0.4 is 15.8 Å². The molecule has 5 heteroatoms. The molecule has 2 aromatic rings. The number of ether oxygens (including phenoxy) is 1. The third-order valence-corrected chi connectivity index (χ3v) is 2.91. The van der Waals surface area contributed by atoms with E-state index in [1.807, 2.05) is 18.2 Å². The Balaban J connectivity index is 2.01. The third kappa shape index (κ3) is 3.20. The number of rotatable bonds is 5. The van der Waals surface area contributed by atoms with Gasteiger partial charge in [-0.2, -0.15) is 0 Å². The van der Waals surface area contributed by atoms with Gasteiger partial charge in [-0.3, -0.25) is 4.79 Å². The second-order valence-electron chi connectivity index (χ2n) is 4.30. The predicted octanol–water partition coefficient (Wildman–Crippen LogP) is 2.11. The number of phenols is 1. The first-order valence-corrected chi connectivity index (χ1v) is 6.10. The van der Waals surface area contributed by atoms with E-state index in [2.05, 4.69) is 5.32 Å². The Morgan fingerprint density at radius 1 is 1.25 bits per heavy atom. The third-order valence-electron chi connectivity index (χ3n) is 2.91. The maximum atomic E-state index is 11.0. The summed E-state index contributed by atoms with van der Waals surface area (Å²) in [6.45, 7) is 0.574. The van der Waals surface area contributed by atoms with Crippen molar-refractivity contribution in [2.24, 2.45) is 5.73 Å². The Kier molecular flexibility index (Phi) is 4.10. The first-order chi connectivity index (χ1) is 9.60. The second-order valence-corrected chi connectivity index (χ2v) is 4.30. The zero-order valence-electron chi connectivity index (χ0n) is 11.1. The van der Waals surface area contributed by atoms with Gasteiger partial charge in [0.1, 0.15) is 0 Å². The van der Waals surface area contributed by atoms with E-state index in [0.717, 1.165) is 11.3 Å². The number of aromatic hydroxyl groups is 1. The van der Waals surface area contributed by atoms with Crippen LogP contribution >= 0.6 is 0 Å². The minimum Gasteiger partial charge on any atom is -0.504 e. The highest BCUT2D eigenvalue weighted by atomic mass is 16.5. The van der Waals surface area contributed by atoms with E-state index >= 15 is 0 Å². The maximum absolute atomic E-state index is 11.0. The van der Waals surface area contributed by atoms with Gasteiger partial charge >= 0.3 is 0 Å². The summed E-state index contributed by atoms with van der Waals surface area (Å²) in [4.78, 5) is 11.0. The smallest absolute Gasteiger partial charge is 0.248 e. The van der Waals surface area contributed by atoms with Crippen molar-refractivity contribution in [2.75, 3.05) is 12.4 Å². The van der Waals surface area contributed by atoms with Crippen LogP contribution in [0.4, 0.5) is 5.69 Å². The van der Waals surface area contributed by atoms with Crippen LogP contribution in [0.15, 0.2) is 42.5 Å². The lowest BCUT2D eigenvalue weighted by molar-refractivity contribution is 0.100. The Hall–Kier alpha value is -2.69. The Bertz CT molecular complexity index is 609. The molecule has 0 unspecified atom stereocenters. The van der Waals surface area contributed by atoms with Crippen LogP contribution in [0, 0.1) is 0 Å². The number of hydrogen-bond acceptors (Lipinski definition) is 4. The lowest BCUT2D eigenvalue weighted by atomic mass is 10.1. The van der Waals surface area contributed by atoms with E-state index in [9.17, 15) is 9.90 Å². The molecular weight excluding hydrogens is 256 g/mol. The first-order valence-electron chi connectivity index (χ1n) is 6.10. The molecule has 2 rings (SSSR count). The average Bonchev–Trinajstić information content (AvgIpc) is 2.45. The van der Waals surface area contributed by atoms with Gasteiger partial charge in [-0.25, -0.2) is 0 Å². The minimum atomic E-state index is -0.440. The number of benzene rings is 2. The number of nitrogens with two attached hydrogens (primary N) is 1. The molecule has 0 aromatic heterocycles. The number of carbonyl (C=O) groups excluding carboxylic acids is 1. The topological polar surface area (TPSA) is 84.6 Å². The molecule has 1 amide bonds. The van der Waals surface area contributed by atoms with Gasteiger partial charge in [-0.15, -0.1) is 0 Å². The number of primary amides is 1. The van der Waals surface area contributed by atoms with Crippen molar-refractivity contribution < 1.29 is 14.6 Å². The summed E-state index contributed by atoms with van der Waals surface area (Å²) >= 11 is 0. The Labute approximate surface area is 117 Å². The number of phenolic OH excluding ortho intramolecular Hbond substituents is 1. The fourth-order valence-electron chi connectivity index (χ4n) is 1.79. The minimum absolute atomic E-state index is 0.0848. The molecule has 5 nitrogen and oxygen atoms in total. The summed E-state index contributed by atoms with van der Waals surface area (Å²) in [6.07, 6.45) is 0. The lowest BCUT2D eigenvalue weighted by Crippen LogP contribution is -2.10. The van der Waals surface area contributed by atoms with Gasteiger partial charge in [0.05, 0.1) is 7.11 Å². The molecule has 0 spiro atoms. The van der Waals surface area contributed by atoms with Crippen LogP contribution in [-0.4, -0.2) is 18.1 Å². The van der Waals surface area contributed by atoms with E-state index in [4.69, 9.17) is 10.5 Å². The van der Waals surface area contributed by atoms with Crippen LogP contribution in [0.1, 0.15) is 15.9 Å². The molecule has 0 aliphatic carbocycles. The number of hydrogen-bond donors (Lipinski definition) is 3. The van der Waals surface area contributed by atoms with Gasteiger partial charge in [0, 0.05) is 23.9 Å². The molecule has 0 radical (unpaired) electrons. The molecular formula is C15H16N2O3. The van der Waals surface area contributed by atoms with E-state index in [-0.39, 0.29) is 5.75 Å². The first kappa shape index (κ1) is 13.7. The molecule has 0 aliphatic rings. The van der Waals surface area contributed by atoms with Crippen molar-refractivity contribution in [3.05, 3.63) is 53.6 Å². The van der Waals surface area contributed by atoms with E-state index in [0.29, 0.717) is 17.9 Å². The molecule has 0 atom stereocenters. The fourth-order valence-corrected chi connectivity index (χ4v) is 1.79. The van der Waals surface area contributed by atoms with Crippen LogP contribution in [0.2, 0.25) is 0 Å². The van der Waals surface area contributed by atoms with Gasteiger partial charge in [-0.05, 0) is 29.8 Å². The summed E-state index contributed by atoms with van der Waals surface area (Å²) in [5.41, 5.74) is 7.45. The van der Waals surface area contributed by atoms with Crippen molar-refractivity contribution in [2.45, 2.75) is 6.54 Å². The van der Waals surface area contributed by atoms with Crippen molar-refractivity contribution in [3.8, 4) is 11.5 Å². The standard InChI is InChI=1S/C15H16N2O3/c1-20-14-7-6-12(8-13(14)18)17-9-10-2-4-11(5-3-10)15(16)19/h2-8,17-18H,9H2,1H3,(H2,16,19). The van der Waals surface area contributed by atoms with Gasteiger partial charge in [0.2, 0.25) is 5.91 Å². The SMILES string of the molecule is COc1ccc(NCc2ccc(C(N)=O)cc2)cc1O. The quantitative estimate of drug-likeness (QED) is 0.778. The van der Waals surface area contributed by atoms with Crippen LogP contribution in [0.25, 0.3) is 0 Å². The zero-order valence-corrected chi connectivity index (χ0v) is 11.1. The molecule has 4 N–H and O–H groups in total. The highest BCUT2D eigenvalue weighted by Gasteiger charge is 2.03. The number of carbonyl (C=O) groups is 1. The molecule has 20 heavy (non-hydrogen) atoms. The Morgan fingerprint density at radius 3 is 2.50 bits per heavy atom. The number of anilines is 1. The molecule has 0 bridgehead atoms. The molecule has 2 aromatic carbocycles. The van der Waals surface area contributed by atoms with Gasteiger partial charge in [0.15, 0.2) is 11.5 Å². The van der Waals surface area contributed by atoms with Crippen LogP contribution in [-0.2, 0) is 6.54 Å². The second kappa shape index (κ2) is 5.97. The number of methoxy groups -OCH3 is 1. The molecule has 0 saturated carbocycles. The monoisotopic (exact) mass is 272 g/mol. The van der Waals surface area contributed by atoms with Gasteiger partial charge in [-0.1, -0.05) is 12.1 Å². The highest BCUT2D eigenvalue weighted by molar-refractivity contribution is 5.92. The summed E-state index contributed by atoms with van der Waals surface area (Å²) in [5, 5.41) is 12.8. The summed E-state index contributed by atoms with van der Waals surface area (Å²) < 4.78 is 4.98. The highest BCUT2D eigenvalue weighted by Crippen LogP contribution is 2.28. The van der Waals surface area contributed by atoms with Gasteiger partial charge in [0.25, 0.3) is 0 Å². The molecule has 0 fully saturated rings. The normalized spacial score (nSPS) is 10.1. The van der Waals surface area contributed by atoms with Crippen molar-refractivity contribution in [1.82, 2.24) is 0 Å². The summed E-state index contributed by atoms with van der Waals surface area (Å²) in [7, 11) is 1.50. The van der Waals surface area contributed by atoms with E-state index in [1.54, 1.807) is 24.3 Å². The zero-order chi connectivity index (χ0) is 14.5. The van der Waals surface area contributed by atoms with Crippen molar-refractivity contribution in [3.63, 3.8) is 0 Å². The lowest BCUT2D eigenvalue weighted by Gasteiger charge is -2.09. The predicted molar refractivity (Wildman–Crippen MR) is 76.9 cm³/mol. The van der Waals surface area contributed by atoms with E-state index < -0.39 is 5.91 Å². The number of amides is 1. The van der Waals surface area contributed by atoms with Crippen LogP contribution in [0.3, 0.4) is 0 Å². The number of nitrogens with one attached hydrogen (secondary N) is 1. The van der Waals surface area contributed by atoms with Crippen molar-refractivity contribution in [1.29, 1.82) is 0 Å².